The molecule has 0 aliphatic rings. The monoisotopic (exact) mass is 202 g/mol. The summed E-state index contributed by atoms with van der Waals surface area (Å²) in [4.78, 5) is 0. The van der Waals surface area contributed by atoms with E-state index in [-0.39, 0.29) is 0 Å². The van der Waals surface area contributed by atoms with E-state index in [4.69, 9.17) is 0 Å². The van der Waals surface area contributed by atoms with Gasteiger partial charge < -0.3 is 0 Å². The first-order valence-corrected chi connectivity index (χ1v) is 6.21. The van der Waals surface area contributed by atoms with Gasteiger partial charge >= 0.3 is 0 Å². The first-order valence-electron chi connectivity index (χ1n) is 6.21. The molecule has 14 heavy (non-hydrogen) atoms. The smallest absolute Gasteiger partial charge is 0.0385 e. The van der Waals surface area contributed by atoms with E-state index in [0.717, 1.165) is 5.92 Å². The summed E-state index contributed by atoms with van der Waals surface area (Å²) in [6.07, 6.45) is 3.91. The maximum absolute atomic E-state index is 2.24. The summed E-state index contributed by atoms with van der Waals surface area (Å²) in [5.41, 5.74) is 0.542. The maximum Gasteiger partial charge on any atom is -0.0385 e. The van der Waals surface area contributed by atoms with E-state index in [1.54, 1.807) is 0 Å². The normalized spacial score (nSPS) is 9.86. The summed E-state index contributed by atoms with van der Waals surface area (Å²) >= 11 is 0. The Morgan fingerprint density at radius 1 is 0.786 bits per heavy atom. The molecule has 0 heterocycles. The zero-order valence-electron chi connectivity index (χ0n) is 12.2. The van der Waals surface area contributed by atoms with Crippen LogP contribution in [0.3, 0.4) is 0 Å². The van der Waals surface area contributed by atoms with E-state index in [1.807, 2.05) is 0 Å². The number of hydrogen-bond donors (Lipinski definition) is 0. The molecule has 0 nitrogen and oxygen atoms in total. The van der Waals surface area contributed by atoms with Gasteiger partial charge in [-0.25, -0.2) is 0 Å². The largest absolute Gasteiger partial charge is 0.0654 e. The maximum atomic E-state index is 2.24. The second kappa shape index (κ2) is 13.0. The Morgan fingerprint density at radius 2 is 0.929 bits per heavy atom. The van der Waals surface area contributed by atoms with E-state index in [0.29, 0.717) is 5.41 Å². The van der Waals surface area contributed by atoms with Crippen LogP contribution in [0.5, 0.6) is 0 Å². The van der Waals surface area contributed by atoms with Gasteiger partial charge in [0.15, 0.2) is 0 Å². The van der Waals surface area contributed by atoms with Gasteiger partial charge in [-0.15, -0.1) is 0 Å². The van der Waals surface area contributed by atoms with Crippen molar-refractivity contribution in [2.24, 2.45) is 11.3 Å². The molecule has 0 atom stereocenters. The van der Waals surface area contributed by atoms with Crippen LogP contribution in [0.15, 0.2) is 0 Å². The van der Waals surface area contributed by atoms with Gasteiger partial charge in [-0.1, -0.05) is 81.6 Å². The van der Waals surface area contributed by atoms with Gasteiger partial charge in [-0.05, 0) is 11.3 Å². The van der Waals surface area contributed by atoms with Crippen molar-refractivity contribution in [2.45, 2.75) is 81.6 Å². The molecule has 0 aromatic rings. The molecule has 90 valence electrons. The Kier molecular flexibility index (Phi) is 18.2. The highest BCUT2D eigenvalue weighted by molar-refractivity contribution is 4.55. The Balaban J connectivity index is -0.000000135. The van der Waals surface area contributed by atoms with Gasteiger partial charge in [0.25, 0.3) is 0 Å². The molecule has 0 heteroatoms. The highest BCUT2D eigenvalue weighted by atomic mass is 14.1. The quantitative estimate of drug-likeness (QED) is 0.496. The molecular weight excluding hydrogens is 168 g/mol. The van der Waals surface area contributed by atoms with E-state index in [9.17, 15) is 0 Å². The highest BCUT2D eigenvalue weighted by Gasteiger charge is 2.03. The van der Waals surface area contributed by atoms with Gasteiger partial charge in [0.2, 0.25) is 0 Å². The van der Waals surface area contributed by atoms with Crippen molar-refractivity contribution in [2.75, 3.05) is 0 Å². The first kappa shape index (κ1) is 19.6. The van der Waals surface area contributed by atoms with Gasteiger partial charge in [0.1, 0.15) is 0 Å². The lowest BCUT2D eigenvalue weighted by atomic mass is 9.94. The zero-order chi connectivity index (χ0) is 12.2. The minimum atomic E-state index is 0.542. The van der Waals surface area contributed by atoms with E-state index in [1.165, 1.54) is 19.3 Å². The minimum absolute atomic E-state index is 0.542. The number of unbranched alkanes of at least 4 members (excludes halogenated alkanes) is 1. The van der Waals surface area contributed by atoms with Crippen molar-refractivity contribution in [3.8, 4) is 0 Å². The van der Waals surface area contributed by atoms with E-state index in [2.05, 4.69) is 62.3 Å². The molecule has 0 unspecified atom stereocenters. The lowest BCUT2D eigenvalue weighted by Gasteiger charge is -2.12. The molecule has 0 saturated carbocycles. The minimum Gasteiger partial charge on any atom is -0.0654 e. The summed E-state index contributed by atoms with van der Waals surface area (Å²) in [5.74, 6) is 0.833. The zero-order valence-corrected chi connectivity index (χ0v) is 12.2. The third kappa shape index (κ3) is 90.8. The molecule has 0 fully saturated rings. The van der Waals surface area contributed by atoms with Crippen LogP contribution in [0.25, 0.3) is 0 Å². The summed E-state index contributed by atoms with van der Waals surface area (Å²) < 4.78 is 0. The molecule has 0 rings (SSSR count). The van der Waals surface area contributed by atoms with Crippen molar-refractivity contribution >= 4 is 0 Å². The fourth-order valence-corrected chi connectivity index (χ4v) is 0. The summed E-state index contributed by atoms with van der Waals surface area (Å²) in [6.45, 7) is 19.8. The molecular formula is C14H34. The molecule has 0 radical (unpaired) electrons. The van der Waals surface area contributed by atoms with Crippen LogP contribution in [0.4, 0.5) is 0 Å². The third-order valence-corrected chi connectivity index (χ3v) is 1.56. The molecule has 0 saturated heterocycles. The lowest BCUT2D eigenvalue weighted by molar-refractivity contribution is 0.398. The molecule has 0 aliphatic carbocycles. The second-order valence-electron chi connectivity index (χ2n) is 5.65. The van der Waals surface area contributed by atoms with Gasteiger partial charge in [0.05, 0.1) is 0 Å². The Bertz CT molecular complexity index is 69.8. The molecule has 0 bridgehead atoms. The van der Waals surface area contributed by atoms with Crippen molar-refractivity contribution in [3.63, 3.8) is 0 Å². The Hall–Kier alpha value is 0. The van der Waals surface area contributed by atoms with Crippen molar-refractivity contribution in [1.82, 2.24) is 0 Å². The predicted octanol–water partition coefficient (Wildman–Crippen LogP) is 5.91. The lowest BCUT2D eigenvalue weighted by Crippen LogP contribution is -2.00. The van der Waals surface area contributed by atoms with Gasteiger partial charge in [0, 0.05) is 0 Å². The van der Waals surface area contributed by atoms with E-state index < -0.39 is 0 Å². The topological polar surface area (TPSA) is 0 Å². The van der Waals surface area contributed by atoms with Crippen LogP contribution in [-0.4, -0.2) is 0 Å². The average Bonchev–Trinajstić information content (AvgIpc) is 2.03. The van der Waals surface area contributed by atoms with Crippen LogP contribution < -0.4 is 0 Å². The fourth-order valence-electron chi connectivity index (χ4n) is 0. The fraction of sp³-hybridized carbons (Fsp3) is 1.00. The Labute approximate surface area is 93.5 Å². The second-order valence-corrected chi connectivity index (χ2v) is 5.65. The molecule has 0 spiro atoms. The van der Waals surface area contributed by atoms with Gasteiger partial charge in [-0.2, -0.15) is 0 Å². The van der Waals surface area contributed by atoms with E-state index >= 15 is 0 Å². The number of hydrogen-bond acceptors (Lipinski definition) is 0. The van der Waals surface area contributed by atoms with Crippen LogP contribution >= 0.6 is 0 Å². The highest BCUT2D eigenvalue weighted by Crippen LogP contribution is 2.16. The standard InChI is InChI=1S/C6H14.2C4H10/c1-5-6(2,3)4;1-4(2)3;1-3-4-2/h5H2,1-4H3;4H,1-3H3;3-4H2,1-2H3. The first-order chi connectivity index (χ1) is 6.21. The Morgan fingerprint density at radius 3 is 0.929 bits per heavy atom. The third-order valence-electron chi connectivity index (χ3n) is 1.56. The summed E-state index contributed by atoms with van der Waals surface area (Å²) in [5, 5.41) is 0. The molecule has 0 N–H and O–H groups in total. The molecule has 0 amide bonds. The molecule has 0 aromatic heterocycles. The molecule has 0 aliphatic heterocycles. The van der Waals surface area contributed by atoms with Crippen molar-refractivity contribution < 1.29 is 0 Å². The van der Waals surface area contributed by atoms with Crippen molar-refractivity contribution in [1.29, 1.82) is 0 Å². The van der Waals surface area contributed by atoms with Crippen molar-refractivity contribution in [3.05, 3.63) is 0 Å². The summed E-state index contributed by atoms with van der Waals surface area (Å²) in [7, 11) is 0. The molecule has 0 aromatic carbocycles. The van der Waals surface area contributed by atoms with Crippen LogP contribution in [0, 0.1) is 11.3 Å². The van der Waals surface area contributed by atoms with Crippen LogP contribution in [-0.2, 0) is 0 Å². The SMILES string of the molecule is CC(C)C.CCC(C)(C)C.CCCC. The number of rotatable bonds is 1. The van der Waals surface area contributed by atoms with Crippen LogP contribution in [0.1, 0.15) is 81.6 Å². The van der Waals surface area contributed by atoms with Crippen LogP contribution in [0.2, 0.25) is 0 Å². The van der Waals surface area contributed by atoms with Gasteiger partial charge in [-0.3, -0.25) is 0 Å². The summed E-state index contributed by atoms with van der Waals surface area (Å²) in [6, 6.07) is 0. The predicted molar refractivity (Wildman–Crippen MR) is 70.8 cm³/mol. The average molecular weight is 202 g/mol.